The molecule has 0 spiro atoms. The van der Waals surface area contributed by atoms with Crippen LogP contribution in [0.4, 0.5) is 0 Å². The molecule has 1 heterocycles. The normalized spacial score (nSPS) is 9.94. The summed E-state index contributed by atoms with van der Waals surface area (Å²) in [5.41, 5.74) is 1.96. The number of hydrogen-bond donors (Lipinski definition) is 1. The summed E-state index contributed by atoms with van der Waals surface area (Å²) < 4.78 is 5.62. The third kappa shape index (κ3) is 4.88. The highest BCUT2D eigenvalue weighted by atomic mass is 16.5. The van der Waals surface area contributed by atoms with E-state index in [-0.39, 0.29) is 0 Å². The Labute approximate surface area is 104 Å². The Bertz CT molecular complexity index is 382. The van der Waals surface area contributed by atoms with Crippen LogP contribution in [0.5, 0.6) is 5.75 Å². The highest BCUT2D eigenvalue weighted by molar-refractivity contribution is 5.29. The first kappa shape index (κ1) is 13.5. The van der Waals surface area contributed by atoms with Gasteiger partial charge in [-0.3, -0.25) is 4.98 Å². The number of aryl methyl sites for hydroxylation is 1. The lowest BCUT2D eigenvalue weighted by Crippen LogP contribution is -2.16. The second kappa shape index (κ2) is 7.70. The number of aromatic nitrogens is 1. The van der Waals surface area contributed by atoms with Gasteiger partial charge in [-0.05, 0) is 32.0 Å². The van der Waals surface area contributed by atoms with Crippen LogP contribution in [0.2, 0.25) is 0 Å². The first-order chi connectivity index (χ1) is 8.27. The molecule has 92 valence electrons. The lowest BCUT2D eigenvalue weighted by Gasteiger charge is -2.11. The lowest BCUT2D eigenvalue weighted by molar-refractivity contribution is 0.320. The van der Waals surface area contributed by atoms with E-state index in [1.165, 1.54) is 0 Å². The fourth-order valence-electron chi connectivity index (χ4n) is 1.46. The highest BCUT2D eigenvalue weighted by Crippen LogP contribution is 2.16. The summed E-state index contributed by atoms with van der Waals surface area (Å²) in [5.74, 6) is 3.39. The molecule has 0 aromatic carbocycles. The van der Waals surface area contributed by atoms with Gasteiger partial charge in [0.1, 0.15) is 5.75 Å². The molecule has 1 N–H and O–H groups in total. The van der Waals surface area contributed by atoms with E-state index in [4.69, 9.17) is 11.2 Å². The molecule has 3 heteroatoms. The predicted octanol–water partition coefficient (Wildman–Crippen LogP) is 2.29. The van der Waals surface area contributed by atoms with Crippen LogP contribution >= 0.6 is 0 Å². The summed E-state index contributed by atoms with van der Waals surface area (Å²) in [6, 6.07) is 3.91. The molecule has 1 rings (SSSR count). The van der Waals surface area contributed by atoms with E-state index in [2.05, 4.69) is 23.1 Å². The van der Waals surface area contributed by atoms with E-state index in [9.17, 15) is 0 Å². The van der Waals surface area contributed by atoms with Gasteiger partial charge in [0.15, 0.2) is 0 Å². The van der Waals surface area contributed by atoms with Crippen molar-refractivity contribution in [3.8, 4) is 18.1 Å². The minimum Gasteiger partial charge on any atom is -0.491 e. The number of nitrogens with one attached hydrogen (secondary N) is 1. The Balaban J connectivity index is 2.63. The molecule has 0 atom stereocenters. The van der Waals surface area contributed by atoms with Crippen LogP contribution in [0, 0.1) is 19.3 Å². The molecular formula is C14H20N2O. The van der Waals surface area contributed by atoms with Gasteiger partial charge in [-0.15, -0.1) is 12.3 Å². The average molecular weight is 232 g/mol. The Morgan fingerprint density at radius 3 is 3.00 bits per heavy atom. The summed E-state index contributed by atoms with van der Waals surface area (Å²) in [4.78, 5) is 4.48. The van der Waals surface area contributed by atoms with Crippen LogP contribution in [-0.2, 0) is 6.54 Å². The van der Waals surface area contributed by atoms with Gasteiger partial charge in [0.25, 0.3) is 0 Å². The van der Waals surface area contributed by atoms with Crippen LogP contribution in [0.1, 0.15) is 31.2 Å². The van der Waals surface area contributed by atoms with Crippen molar-refractivity contribution in [2.24, 2.45) is 0 Å². The van der Waals surface area contributed by atoms with Crippen molar-refractivity contribution in [3.63, 3.8) is 0 Å². The maximum absolute atomic E-state index is 5.62. The molecule has 0 unspecified atom stereocenters. The van der Waals surface area contributed by atoms with E-state index in [0.29, 0.717) is 13.0 Å². The van der Waals surface area contributed by atoms with E-state index in [0.717, 1.165) is 36.6 Å². The second-order valence-corrected chi connectivity index (χ2v) is 3.88. The van der Waals surface area contributed by atoms with Gasteiger partial charge < -0.3 is 10.1 Å². The van der Waals surface area contributed by atoms with Gasteiger partial charge in [0.05, 0.1) is 12.3 Å². The van der Waals surface area contributed by atoms with Crippen molar-refractivity contribution in [1.82, 2.24) is 10.3 Å². The molecule has 1 aromatic heterocycles. The molecule has 0 saturated carbocycles. The second-order valence-electron chi connectivity index (χ2n) is 3.88. The van der Waals surface area contributed by atoms with Crippen molar-refractivity contribution >= 4 is 0 Å². The predicted molar refractivity (Wildman–Crippen MR) is 69.9 cm³/mol. The monoisotopic (exact) mass is 232 g/mol. The zero-order valence-electron chi connectivity index (χ0n) is 10.6. The number of rotatable bonds is 7. The number of hydrogen-bond acceptors (Lipinski definition) is 3. The molecule has 0 aliphatic rings. The summed E-state index contributed by atoms with van der Waals surface area (Å²) in [7, 11) is 0. The lowest BCUT2D eigenvalue weighted by atomic mass is 10.2. The largest absolute Gasteiger partial charge is 0.491 e. The summed E-state index contributed by atoms with van der Waals surface area (Å²) >= 11 is 0. The zero-order valence-corrected chi connectivity index (χ0v) is 10.6. The topological polar surface area (TPSA) is 34.1 Å². The van der Waals surface area contributed by atoms with E-state index < -0.39 is 0 Å². The van der Waals surface area contributed by atoms with Gasteiger partial charge in [0.2, 0.25) is 0 Å². The van der Waals surface area contributed by atoms with Crippen molar-refractivity contribution in [1.29, 1.82) is 0 Å². The number of pyridine rings is 1. The molecule has 0 saturated heterocycles. The van der Waals surface area contributed by atoms with Gasteiger partial charge in [-0.1, -0.05) is 6.92 Å². The van der Waals surface area contributed by atoms with Crippen molar-refractivity contribution in [2.45, 2.75) is 33.2 Å². The van der Waals surface area contributed by atoms with Crippen LogP contribution in [0.3, 0.4) is 0 Å². The summed E-state index contributed by atoms with van der Waals surface area (Å²) in [6.07, 6.45) is 6.93. The molecule has 17 heavy (non-hydrogen) atoms. The molecule has 0 amide bonds. The third-order valence-electron chi connectivity index (χ3n) is 2.29. The molecule has 0 aliphatic carbocycles. The highest BCUT2D eigenvalue weighted by Gasteiger charge is 2.05. The number of nitrogens with zero attached hydrogens (tertiary/aromatic N) is 1. The zero-order chi connectivity index (χ0) is 12.5. The molecule has 0 aliphatic heterocycles. The van der Waals surface area contributed by atoms with Gasteiger partial charge in [-0.25, -0.2) is 0 Å². The standard InChI is InChI=1S/C14H20N2O/c1-4-6-10-17-14-8-7-12(3)16-13(14)11-15-9-5-2/h1,7-8,15H,5-6,9-11H2,2-3H3. The maximum atomic E-state index is 5.62. The minimum atomic E-state index is 0.544. The van der Waals surface area contributed by atoms with Crippen LogP contribution in [0.15, 0.2) is 12.1 Å². The van der Waals surface area contributed by atoms with Gasteiger partial charge in [-0.2, -0.15) is 0 Å². The molecule has 0 radical (unpaired) electrons. The van der Waals surface area contributed by atoms with Crippen LogP contribution in [0.25, 0.3) is 0 Å². The number of terminal acetylenes is 1. The molecular weight excluding hydrogens is 212 g/mol. The first-order valence-electron chi connectivity index (χ1n) is 6.01. The van der Waals surface area contributed by atoms with E-state index in [1.54, 1.807) is 0 Å². The molecule has 1 aromatic rings. The smallest absolute Gasteiger partial charge is 0.142 e. The summed E-state index contributed by atoms with van der Waals surface area (Å²) in [6.45, 7) is 6.39. The van der Waals surface area contributed by atoms with Crippen LogP contribution in [-0.4, -0.2) is 18.1 Å². The summed E-state index contributed by atoms with van der Waals surface area (Å²) in [5, 5.41) is 3.33. The SMILES string of the molecule is C#CCCOc1ccc(C)nc1CNCCC. The minimum absolute atomic E-state index is 0.544. The Morgan fingerprint density at radius 2 is 2.29 bits per heavy atom. The number of ether oxygens (including phenoxy) is 1. The Hall–Kier alpha value is -1.53. The van der Waals surface area contributed by atoms with Crippen molar-refractivity contribution < 1.29 is 4.74 Å². The van der Waals surface area contributed by atoms with Crippen molar-refractivity contribution in [2.75, 3.05) is 13.2 Å². The molecule has 0 fully saturated rings. The molecule has 3 nitrogen and oxygen atoms in total. The van der Waals surface area contributed by atoms with E-state index >= 15 is 0 Å². The fourth-order valence-corrected chi connectivity index (χ4v) is 1.46. The quantitative estimate of drug-likeness (QED) is 0.578. The van der Waals surface area contributed by atoms with E-state index in [1.807, 2.05) is 19.1 Å². The fraction of sp³-hybridized carbons (Fsp3) is 0.500. The maximum Gasteiger partial charge on any atom is 0.142 e. The third-order valence-corrected chi connectivity index (χ3v) is 2.29. The van der Waals surface area contributed by atoms with Gasteiger partial charge >= 0.3 is 0 Å². The Kier molecular flexibility index (Phi) is 6.13. The Morgan fingerprint density at radius 1 is 1.47 bits per heavy atom. The van der Waals surface area contributed by atoms with Crippen molar-refractivity contribution in [3.05, 3.63) is 23.5 Å². The first-order valence-corrected chi connectivity index (χ1v) is 6.01. The van der Waals surface area contributed by atoms with Gasteiger partial charge in [0, 0.05) is 18.7 Å². The van der Waals surface area contributed by atoms with Crippen LogP contribution < -0.4 is 10.1 Å². The average Bonchev–Trinajstić information content (AvgIpc) is 2.32. The molecule has 0 bridgehead atoms.